The van der Waals surface area contributed by atoms with Crippen LogP contribution in [-0.4, -0.2) is 12.1 Å². The summed E-state index contributed by atoms with van der Waals surface area (Å²) in [5.41, 5.74) is 3.29. The van der Waals surface area contributed by atoms with Crippen LogP contribution in [0.5, 0.6) is 5.75 Å². The van der Waals surface area contributed by atoms with E-state index in [1.54, 1.807) is 18.4 Å². The molecule has 0 bridgehead atoms. The minimum Gasteiger partial charge on any atom is -0.497 e. The Balaban J connectivity index is 1.95. The van der Waals surface area contributed by atoms with E-state index in [2.05, 4.69) is 29.4 Å². The van der Waals surface area contributed by atoms with Crippen molar-refractivity contribution in [1.29, 1.82) is 0 Å². The molecule has 3 rings (SSSR count). The van der Waals surface area contributed by atoms with E-state index in [1.165, 1.54) is 5.56 Å². The molecule has 0 unspecified atom stereocenters. The molecule has 19 heavy (non-hydrogen) atoms. The summed E-state index contributed by atoms with van der Waals surface area (Å²) in [6.45, 7) is 2.08. The van der Waals surface area contributed by atoms with Crippen molar-refractivity contribution in [2.24, 2.45) is 0 Å². The van der Waals surface area contributed by atoms with Crippen LogP contribution in [0.4, 0.5) is 10.8 Å². The van der Waals surface area contributed by atoms with Crippen LogP contribution in [-0.2, 0) is 0 Å². The van der Waals surface area contributed by atoms with E-state index in [0.717, 1.165) is 26.8 Å². The van der Waals surface area contributed by atoms with Gasteiger partial charge in [0.05, 0.1) is 17.3 Å². The third kappa shape index (κ3) is 2.39. The molecular formula is C15H14N2OS. The van der Waals surface area contributed by atoms with E-state index >= 15 is 0 Å². The number of aryl methyl sites for hydroxylation is 1. The van der Waals surface area contributed by atoms with Crippen LogP contribution in [0.2, 0.25) is 0 Å². The van der Waals surface area contributed by atoms with Gasteiger partial charge in [-0.3, -0.25) is 0 Å². The molecule has 0 fully saturated rings. The minimum absolute atomic E-state index is 0.860. The Labute approximate surface area is 115 Å². The predicted molar refractivity (Wildman–Crippen MR) is 80.6 cm³/mol. The van der Waals surface area contributed by atoms with E-state index in [-0.39, 0.29) is 0 Å². The van der Waals surface area contributed by atoms with Crippen molar-refractivity contribution in [1.82, 2.24) is 4.98 Å². The van der Waals surface area contributed by atoms with Gasteiger partial charge < -0.3 is 10.1 Å². The number of fused-ring (bicyclic) bond motifs is 1. The van der Waals surface area contributed by atoms with Crippen molar-refractivity contribution < 1.29 is 4.74 Å². The Morgan fingerprint density at radius 3 is 2.79 bits per heavy atom. The molecule has 0 radical (unpaired) electrons. The molecule has 0 spiro atoms. The molecule has 4 heteroatoms. The van der Waals surface area contributed by atoms with E-state index in [4.69, 9.17) is 4.74 Å². The van der Waals surface area contributed by atoms with E-state index in [9.17, 15) is 0 Å². The average Bonchev–Trinajstić information content (AvgIpc) is 2.82. The van der Waals surface area contributed by atoms with Crippen LogP contribution >= 0.6 is 11.3 Å². The number of thiazole rings is 1. The Morgan fingerprint density at radius 2 is 2.00 bits per heavy atom. The van der Waals surface area contributed by atoms with Crippen LogP contribution in [0.15, 0.2) is 42.5 Å². The molecule has 0 amide bonds. The molecule has 1 heterocycles. The number of nitrogens with one attached hydrogen (secondary N) is 1. The lowest BCUT2D eigenvalue weighted by Crippen LogP contribution is -1.91. The first-order valence-corrected chi connectivity index (χ1v) is 6.85. The highest BCUT2D eigenvalue weighted by Gasteiger charge is 2.06. The fraction of sp³-hybridized carbons (Fsp3) is 0.133. The number of nitrogens with zero attached hydrogens (tertiary/aromatic N) is 1. The smallest absolute Gasteiger partial charge is 0.188 e. The van der Waals surface area contributed by atoms with Gasteiger partial charge in [-0.25, -0.2) is 4.98 Å². The normalized spacial score (nSPS) is 10.6. The number of ether oxygens (including phenoxy) is 1. The van der Waals surface area contributed by atoms with Crippen LogP contribution in [0.25, 0.3) is 10.2 Å². The molecular weight excluding hydrogens is 256 g/mol. The van der Waals surface area contributed by atoms with Gasteiger partial charge in [-0.05, 0) is 36.8 Å². The van der Waals surface area contributed by atoms with E-state index in [0.29, 0.717) is 0 Å². The van der Waals surface area contributed by atoms with Crippen molar-refractivity contribution in [3.63, 3.8) is 0 Å². The fourth-order valence-corrected chi connectivity index (χ4v) is 2.82. The van der Waals surface area contributed by atoms with Gasteiger partial charge >= 0.3 is 0 Å². The largest absolute Gasteiger partial charge is 0.497 e. The number of methoxy groups -OCH3 is 1. The molecule has 2 aromatic carbocycles. The molecule has 0 atom stereocenters. The number of anilines is 2. The van der Waals surface area contributed by atoms with Gasteiger partial charge in [-0.15, -0.1) is 0 Å². The highest BCUT2D eigenvalue weighted by atomic mass is 32.1. The standard InChI is InChI=1S/C15H14N2OS/c1-10-5-3-4-6-12(10)16-15-17-13-8-7-11(18-2)9-14(13)19-15/h3-9H,1-2H3,(H,16,17). The first kappa shape index (κ1) is 12.0. The quantitative estimate of drug-likeness (QED) is 0.768. The summed E-state index contributed by atoms with van der Waals surface area (Å²) in [4.78, 5) is 4.58. The fourth-order valence-electron chi connectivity index (χ4n) is 1.91. The number of para-hydroxylation sites is 1. The second-order valence-corrected chi connectivity index (χ2v) is 5.32. The molecule has 0 aliphatic heterocycles. The summed E-state index contributed by atoms with van der Waals surface area (Å²) < 4.78 is 6.35. The summed E-state index contributed by atoms with van der Waals surface area (Å²) in [5.74, 6) is 0.860. The van der Waals surface area contributed by atoms with Gasteiger partial charge in [0, 0.05) is 5.69 Å². The summed E-state index contributed by atoms with van der Waals surface area (Å²) >= 11 is 1.63. The maximum atomic E-state index is 5.23. The zero-order valence-corrected chi connectivity index (χ0v) is 11.6. The number of benzene rings is 2. The molecule has 0 aliphatic carbocycles. The second-order valence-electron chi connectivity index (χ2n) is 4.29. The topological polar surface area (TPSA) is 34.1 Å². The maximum Gasteiger partial charge on any atom is 0.188 e. The zero-order valence-electron chi connectivity index (χ0n) is 10.8. The van der Waals surface area contributed by atoms with Crippen molar-refractivity contribution in [2.75, 3.05) is 12.4 Å². The SMILES string of the molecule is COc1ccc2nc(Nc3ccccc3C)sc2c1. The Bertz CT molecular complexity index is 721. The van der Waals surface area contributed by atoms with Crippen LogP contribution in [0.1, 0.15) is 5.56 Å². The lowest BCUT2D eigenvalue weighted by molar-refractivity contribution is 0.415. The lowest BCUT2D eigenvalue weighted by Gasteiger charge is -2.04. The third-order valence-electron chi connectivity index (χ3n) is 2.98. The summed E-state index contributed by atoms with van der Waals surface area (Å²) in [6.07, 6.45) is 0. The monoisotopic (exact) mass is 270 g/mol. The van der Waals surface area contributed by atoms with Gasteiger partial charge in [0.2, 0.25) is 0 Å². The molecule has 3 aromatic rings. The van der Waals surface area contributed by atoms with Crippen LogP contribution in [0, 0.1) is 6.92 Å². The zero-order chi connectivity index (χ0) is 13.2. The lowest BCUT2D eigenvalue weighted by atomic mass is 10.2. The first-order chi connectivity index (χ1) is 9.26. The number of aromatic nitrogens is 1. The van der Waals surface area contributed by atoms with Crippen molar-refractivity contribution in [2.45, 2.75) is 6.92 Å². The first-order valence-electron chi connectivity index (χ1n) is 6.03. The van der Waals surface area contributed by atoms with E-state index < -0.39 is 0 Å². The van der Waals surface area contributed by atoms with Gasteiger partial charge in [-0.2, -0.15) is 0 Å². The maximum absolute atomic E-state index is 5.23. The Hall–Kier alpha value is -2.07. The van der Waals surface area contributed by atoms with Crippen molar-refractivity contribution in [3.8, 4) is 5.75 Å². The third-order valence-corrected chi connectivity index (χ3v) is 3.92. The molecule has 1 N–H and O–H groups in total. The molecule has 1 aromatic heterocycles. The summed E-state index contributed by atoms with van der Waals surface area (Å²) in [6, 6.07) is 14.1. The summed E-state index contributed by atoms with van der Waals surface area (Å²) in [7, 11) is 1.68. The average molecular weight is 270 g/mol. The van der Waals surface area contributed by atoms with Gasteiger partial charge in [0.1, 0.15) is 5.75 Å². The van der Waals surface area contributed by atoms with Crippen molar-refractivity contribution >= 4 is 32.4 Å². The van der Waals surface area contributed by atoms with Crippen LogP contribution < -0.4 is 10.1 Å². The second kappa shape index (κ2) is 4.90. The minimum atomic E-state index is 0.860. The molecule has 0 saturated carbocycles. The van der Waals surface area contributed by atoms with Crippen molar-refractivity contribution in [3.05, 3.63) is 48.0 Å². The summed E-state index contributed by atoms with van der Waals surface area (Å²) in [5, 5.41) is 4.27. The molecule has 3 nitrogen and oxygen atoms in total. The van der Waals surface area contributed by atoms with Gasteiger partial charge in [0.25, 0.3) is 0 Å². The number of hydrogen-bond acceptors (Lipinski definition) is 4. The van der Waals surface area contributed by atoms with Gasteiger partial charge in [-0.1, -0.05) is 29.5 Å². The Kier molecular flexibility index (Phi) is 3.09. The molecule has 0 aliphatic rings. The highest BCUT2D eigenvalue weighted by molar-refractivity contribution is 7.22. The number of hydrogen-bond donors (Lipinski definition) is 1. The van der Waals surface area contributed by atoms with E-state index in [1.807, 2.05) is 30.3 Å². The molecule has 0 saturated heterocycles. The predicted octanol–water partition coefficient (Wildman–Crippen LogP) is 4.36. The Morgan fingerprint density at radius 1 is 1.16 bits per heavy atom. The number of rotatable bonds is 3. The highest BCUT2D eigenvalue weighted by Crippen LogP contribution is 2.31. The molecule has 96 valence electrons. The van der Waals surface area contributed by atoms with Crippen LogP contribution in [0.3, 0.4) is 0 Å². The van der Waals surface area contributed by atoms with Gasteiger partial charge in [0.15, 0.2) is 5.13 Å².